The molecule has 1 heterocycles. The molecule has 0 aromatic carbocycles. The lowest BCUT2D eigenvalue weighted by atomic mass is 10.2. The van der Waals surface area contributed by atoms with Gasteiger partial charge in [-0.1, -0.05) is 11.6 Å². The molecule has 1 rings (SSSR count). The molecule has 0 amide bonds. The van der Waals surface area contributed by atoms with Crippen LogP contribution in [0.2, 0.25) is 0 Å². The van der Waals surface area contributed by atoms with Gasteiger partial charge in [-0.05, 0) is 39.7 Å². The van der Waals surface area contributed by atoms with Crippen molar-refractivity contribution in [2.45, 2.75) is 39.2 Å². The molecule has 1 unspecified atom stereocenters. The van der Waals surface area contributed by atoms with Crippen LogP contribution in [-0.2, 0) is 9.47 Å². The lowest BCUT2D eigenvalue weighted by Gasteiger charge is -2.09. The number of allylic oxidation sites excluding steroid dienone is 1. The second-order valence-corrected chi connectivity index (χ2v) is 4.55. The Balaban J connectivity index is 1.79. The van der Waals surface area contributed by atoms with Crippen LogP contribution in [0, 0.1) is 0 Å². The molecule has 16 heavy (non-hydrogen) atoms. The maximum Gasteiger partial charge on any atom is 0.0809 e. The van der Waals surface area contributed by atoms with Crippen molar-refractivity contribution in [3.63, 3.8) is 0 Å². The van der Waals surface area contributed by atoms with Gasteiger partial charge in [0.1, 0.15) is 0 Å². The highest BCUT2D eigenvalue weighted by Crippen LogP contribution is 2.11. The zero-order chi connectivity index (χ0) is 11.6. The van der Waals surface area contributed by atoms with Gasteiger partial charge in [0.25, 0.3) is 0 Å². The maximum absolute atomic E-state index is 5.56. The Labute approximate surface area is 99.2 Å². The van der Waals surface area contributed by atoms with Crippen LogP contribution >= 0.6 is 0 Å². The molecule has 1 fully saturated rings. The van der Waals surface area contributed by atoms with Gasteiger partial charge in [0, 0.05) is 19.8 Å². The van der Waals surface area contributed by atoms with E-state index in [1.54, 1.807) is 0 Å². The molecule has 0 spiro atoms. The fourth-order valence-electron chi connectivity index (χ4n) is 1.67. The standard InChI is InChI=1S/C13H25NO2/c1-12(2)6-8-14-7-4-9-15-11-13-5-3-10-16-13/h6,13-14H,3-5,7-11H2,1-2H3. The van der Waals surface area contributed by atoms with Gasteiger partial charge in [-0.25, -0.2) is 0 Å². The summed E-state index contributed by atoms with van der Waals surface area (Å²) >= 11 is 0. The molecule has 1 aliphatic heterocycles. The van der Waals surface area contributed by atoms with E-state index in [1.807, 2.05) is 0 Å². The molecule has 1 saturated heterocycles. The highest BCUT2D eigenvalue weighted by Gasteiger charge is 2.14. The number of nitrogens with one attached hydrogen (secondary N) is 1. The van der Waals surface area contributed by atoms with Crippen molar-refractivity contribution in [2.24, 2.45) is 0 Å². The molecule has 0 aliphatic carbocycles. The second-order valence-electron chi connectivity index (χ2n) is 4.55. The zero-order valence-corrected chi connectivity index (χ0v) is 10.6. The molecule has 1 aliphatic rings. The molecular formula is C13H25NO2. The van der Waals surface area contributed by atoms with E-state index in [9.17, 15) is 0 Å². The quantitative estimate of drug-likeness (QED) is 0.509. The molecule has 0 aromatic rings. The van der Waals surface area contributed by atoms with E-state index in [0.717, 1.165) is 39.3 Å². The Hall–Kier alpha value is -0.380. The van der Waals surface area contributed by atoms with Crippen LogP contribution in [0.1, 0.15) is 33.1 Å². The Morgan fingerprint density at radius 2 is 2.38 bits per heavy atom. The van der Waals surface area contributed by atoms with Crippen molar-refractivity contribution < 1.29 is 9.47 Å². The molecule has 1 N–H and O–H groups in total. The first kappa shape index (κ1) is 13.7. The lowest BCUT2D eigenvalue weighted by Crippen LogP contribution is -2.19. The van der Waals surface area contributed by atoms with E-state index < -0.39 is 0 Å². The zero-order valence-electron chi connectivity index (χ0n) is 10.6. The minimum Gasteiger partial charge on any atom is -0.379 e. The third kappa shape index (κ3) is 6.99. The normalized spacial score (nSPS) is 20.0. The van der Waals surface area contributed by atoms with Crippen molar-refractivity contribution in [1.29, 1.82) is 0 Å². The molecule has 0 bridgehead atoms. The smallest absolute Gasteiger partial charge is 0.0809 e. The molecule has 94 valence electrons. The Morgan fingerprint density at radius 3 is 3.06 bits per heavy atom. The summed E-state index contributed by atoms with van der Waals surface area (Å²) in [4.78, 5) is 0. The average Bonchev–Trinajstić information content (AvgIpc) is 2.74. The third-order valence-corrected chi connectivity index (χ3v) is 2.62. The first-order valence-electron chi connectivity index (χ1n) is 6.32. The van der Waals surface area contributed by atoms with Crippen LogP contribution in [0.5, 0.6) is 0 Å². The van der Waals surface area contributed by atoms with Crippen LogP contribution < -0.4 is 5.32 Å². The van der Waals surface area contributed by atoms with E-state index in [4.69, 9.17) is 9.47 Å². The van der Waals surface area contributed by atoms with Crippen molar-refractivity contribution in [3.05, 3.63) is 11.6 Å². The molecule has 3 nitrogen and oxygen atoms in total. The summed E-state index contributed by atoms with van der Waals surface area (Å²) in [7, 11) is 0. The van der Waals surface area contributed by atoms with Crippen LogP contribution in [-0.4, -0.2) is 39.0 Å². The highest BCUT2D eigenvalue weighted by atomic mass is 16.5. The first-order valence-corrected chi connectivity index (χ1v) is 6.32. The average molecular weight is 227 g/mol. The SMILES string of the molecule is CC(C)=CCNCCCOCC1CCCO1. The number of ether oxygens (including phenoxy) is 2. The van der Waals surface area contributed by atoms with Gasteiger partial charge < -0.3 is 14.8 Å². The Kier molecular flexibility index (Phi) is 7.47. The largest absolute Gasteiger partial charge is 0.379 e. The van der Waals surface area contributed by atoms with E-state index in [2.05, 4.69) is 25.2 Å². The number of hydrogen-bond donors (Lipinski definition) is 1. The van der Waals surface area contributed by atoms with Gasteiger partial charge in [-0.2, -0.15) is 0 Å². The molecule has 0 radical (unpaired) electrons. The molecule has 0 saturated carbocycles. The fraction of sp³-hybridized carbons (Fsp3) is 0.846. The van der Waals surface area contributed by atoms with Gasteiger partial charge in [0.15, 0.2) is 0 Å². The molecule has 1 atom stereocenters. The summed E-state index contributed by atoms with van der Waals surface area (Å²) < 4.78 is 11.0. The Bertz CT molecular complexity index is 194. The summed E-state index contributed by atoms with van der Waals surface area (Å²) in [6.45, 7) is 8.75. The fourth-order valence-corrected chi connectivity index (χ4v) is 1.67. The number of rotatable bonds is 8. The second kappa shape index (κ2) is 8.74. The van der Waals surface area contributed by atoms with Gasteiger partial charge in [-0.15, -0.1) is 0 Å². The molecule has 3 heteroatoms. The molecular weight excluding hydrogens is 202 g/mol. The first-order chi connectivity index (χ1) is 7.79. The van der Waals surface area contributed by atoms with Crippen LogP contribution in [0.3, 0.4) is 0 Å². The number of hydrogen-bond acceptors (Lipinski definition) is 3. The lowest BCUT2D eigenvalue weighted by molar-refractivity contribution is 0.0167. The van der Waals surface area contributed by atoms with Crippen molar-refractivity contribution >= 4 is 0 Å². The van der Waals surface area contributed by atoms with Gasteiger partial charge >= 0.3 is 0 Å². The third-order valence-electron chi connectivity index (χ3n) is 2.62. The summed E-state index contributed by atoms with van der Waals surface area (Å²) in [6, 6.07) is 0. The van der Waals surface area contributed by atoms with Crippen molar-refractivity contribution in [2.75, 3.05) is 32.9 Å². The van der Waals surface area contributed by atoms with Crippen molar-refractivity contribution in [1.82, 2.24) is 5.32 Å². The van der Waals surface area contributed by atoms with Gasteiger partial charge in [-0.3, -0.25) is 0 Å². The minimum atomic E-state index is 0.360. The summed E-state index contributed by atoms with van der Waals surface area (Å²) in [5.74, 6) is 0. The highest BCUT2D eigenvalue weighted by molar-refractivity contribution is 4.94. The summed E-state index contributed by atoms with van der Waals surface area (Å²) in [5, 5.41) is 3.36. The van der Waals surface area contributed by atoms with E-state index >= 15 is 0 Å². The van der Waals surface area contributed by atoms with Gasteiger partial charge in [0.2, 0.25) is 0 Å². The Morgan fingerprint density at radius 1 is 1.50 bits per heavy atom. The van der Waals surface area contributed by atoms with Crippen molar-refractivity contribution in [3.8, 4) is 0 Å². The predicted molar refractivity (Wildman–Crippen MR) is 66.7 cm³/mol. The predicted octanol–water partition coefficient (Wildman–Crippen LogP) is 2.13. The van der Waals surface area contributed by atoms with Crippen LogP contribution in [0.15, 0.2) is 11.6 Å². The van der Waals surface area contributed by atoms with E-state index in [-0.39, 0.29) is 0 Å². The summed E-state index contributed by atoms with van der Waals surface area (Å²) in [6.07, 6.45) is 5.99. The minimum absolute atomic E-state index is 0.360. The van der Waals surface area contributed by atoms with E-state index in [1.165, 1.54) is 18.4 Å². The van der Waals surface area contributed by atoms with Crippen LogP contribution in [0.4, 0.5) is 0 Å². The van der Waals surface area contributed by atoms with Crippen LogP contribution in [0.25, 0.3) is 0 Å². The van der Waals surface area contributed by atoms with E-state index in [0.29, 0.717) is 6.10 Å². The molecule has 0 aromatic heterocycles. The monoisotopic (exact) mass is 227 g/mol. The summed E-state index contributed by atoms with van der Waals surface area (Å²) in [5.41, 5.74) is 1.36. The van der Waals surface area contributed by atoms with Gasteiger partial charge in [0.05, 0.1) is 12.7 Å². The maximum atomic E-state index is 5.56. The topological polar surface area (TPSA) is 30.5 Å².